The first-order chi connectivity index (χ1) is 12.1. The monoisotopic (exact) mass is 330 g/mol. The lowest BCUT2D eigenvalue weighted by Gasteiger charge is -2.08. The molecule has 6 heteroatoms. The third kappa shape index (κ3) is 2.63. The third-order valence-electron chi connectivity index (χ3n) is 3.95. The van der Waals surface area contributed by atoms with E-state index in [-0.39, 0.29) is 11.3 Å². The molecule has 4 rings (SSSR count). The van der Waals surface area contributed by atoms with E-state index in [9.17, 15) is 9.90 Å². The lowest BCUT2D eigenvalue weighted by Crippen LogP contribution is -2.22. The first kappa shape index (κ1) is 15.0. The van der Waals surface area contributed by atoms with Crippen molar-refractivity contribution in [1.29, 1.82) is 0 Å². The number of hydrogen-bond donors (Lipinski definition) is 0. The van der Waals surface area contributed by atoms with Crippen molar-refractivity contribution in [3.8, 4) is 22.5 Å². The minimum Gasteiger partial charge on any atom is -0.545 e. The second-order valence-electron chi connectivity index (χ2n) is 5.66. The van der Waals surface area contributed by atoms with Gasteiger partial charge in [0.2, 0.25) is 0 Å². The number of benzene rings is 1. The Labute approximate surface area is 142 Å². The first-order valence-electron chi connectivity index (χ1n) is 7.62. The fourth-order valence-corrected chi connectivity index (χ4v) is 2.68. The molecule has 6 nitrogen and oxygen atoms in total. The van der Waals surface area contributed by atoms with Crippen LogP contribution in [0.15, 0.2) is 59.4 Å². The fraction of sp³-hybridized carbons (Fsp3) is 0.0526. The maximum Gasteiger partial charge on any atom is 0.259 e. The van der Waals surface area contributed by atoms with Gasteiger partial charge in [0.05, 0.1) is 17.0 Å². The summed E-state index contributed by atoms with van der Waals surface area (Å²) in [4.78, 5) is 20.1. The van der Waals surface area contributed by atoms with E-state index in [4.69, 9.17) is 4.52 Å². The molecule has 0 saturated heterocycles. The summed E-state index contributed by atoms with van der Waals surface area (Å²) < 4.78 is 5.31. The van der Waals surface area contributed by atoms with E-state index >= 15 is 0 Å². The smallest absolute Gasteiger partial charge is 0.259 e. The summed E-state index contributed by atoms with van der Waals surface area (Å²) in [5.41, 5.74) is 3.53. The van der Waals surface area contributed by atoms with Crippen LogP contribution in [0.4, 0.5) is 0 Å². The normalized spacial score (nSPS) is 10.9. The molecule has 0 aliphatic heterocycles. The summed E-state index contributed by atoms with van der Waals surface area (Å²) >= 11 is 0. The highest BCUT2D eigenvalue weighted by Gasteiger charge is 2.18. The Kier molecular flexibility index (Phi) is 3.50. The maximum atomic E-state index is 11.7. The molecule has 0 radical (unpaired) electrons. The van der Waals surface area contributed by atoms with E-state index in [1.165, 1.54) is 6.07 Å². The molecule has 25 heavy (non-hydrogen) atoms. The molecule has 3 aromatic heterocycles. The average Bonchev–Trinajstić information content (AvgIpc) is 3.06. The number of rotatable bonds is 3. The molecular formula is C19H12N3O3-. The molecule has 0 bridgehead atoms. The summed E-state index contributed by atoms with van der Waals surface area (Å²) in [6.45, 7) is 1.97. The van der Waals surface area contributed by atoms with Crippen molar-refractivity contribution in [2.75, 3.05) is 0 Å². The Balaban J connectivity index is 1.97. The number of pyridine rings is 2. The lowest BCUT2D eigenvalue weighted by molar-refractivity contribution is -0.254. The van der Waals surface area contributed by atoms with Crippen LogP contribution in [0.3, 0.4) is 0 Å². The Bertz CT molecular complexity index is 1070. The van der Waals surface area contributed by atoms with Gasteiger partial charge in [0.25, 0.3) is 5.71 Å². The van der Waals surface area contributed by atoms with Crippen LogP contribution >= 0.6 is 0 Å². The molecule has 0 fully saturated rings. The zero-order valence-corrected chi connectivity index (χ0v) is 13.3. The quantitative estimate of drug-likeness (QED) is 0.573. The number of carbonyl (C=O) groups is 1. The predicted molar refractivity (Wildman–Crippen MR) is 89.5 cm³/mol. The van der Waals surface area contributed by atoms with Crippen molar-refractivity contribution in [1.82, 2.24) is 15.1 Å². The molecule has 0 aliphatic carbocycles. The number of nitrogens with zero attached hydrogens (tertiary/aromatic N) is 3. The fourth-order valence-electron chi connectivity index (χ4n) is 2.68. The predicted octanol–water partition coefficient (Wildman–Crippen LogP) is 2.62. The number of carboxylic acid groups (broad SMARTS) is 1. The van der Waals surface area contributed by atoms with Gasteiger partial charge in [-0.3, -0.25) is 4.98 Å². The zero-order chi connectivity index (χ0) is 17.4. The molecule has 0 N–H and O–H groups in total. The van der Waals surface area contributed by atoms with E-state index in [0.29, 0.717) is 22.3 Å². The van der Waals surface area contributed by atoms with Gasteiger partial charge in [0.15, 0.2) is 0 Å². The Morgan fingerprint density at radius 2 is 1.92 bits per heavy atom. The number of aromatic nitrogens is 3. The minimum atomic E-state index is -1.31. The molecule has 0 aliphatic rings. The van der Waals surface area contributed by atoms with Crippen molar-refractivity contribution in [3.05, 3.63) is 66.0 Å². The summed E-state index contributed by atoms with van der Waals surface area (Å²) in [5.74, 6) is -1.31. The largest absolute Gasteiger partial charge is 0.545 e. The minimum absolute atomic E-state index is 0.0133. The molecule has 0 unspecified atom stereocenters. The van der Waals surface area contributed by atoms with Crippen LogP contribution in [0.25, 0.3) is 33.6 Å². The second kappa shape index (κ2) is 5.83. The number of carboxylic acids is 1. The van der Waals surface area contributed by atoms with Crippen molar-refractivity contribution in [2.24, 2.45) is 0 Å². The highest BCUT2D eigenvalue weighted by Crippen LogP contribution is 2.32. The molecule has 1 aromatic carbocycles. The van der Waals surface area contributed by atoms with Crippen molar-refractivity contribution in [3.63, 3.8) is 0 Å². The van der Waals surface area contributed by atoms with Gasteiger partial charge in [0.1, 0.15) is 5.69 Å². The van der Waals surface area contributed by atoms with Crippen molar-refractivity contribution >= 4 is 17.1 Å². The molecular weight excluding hydrogens is 318 g/mol. The van der Waals surface area contributed by atoms with Gasteiger partial charge in [-0.05, 0) is 25.1 Å². The third-order valence-corrected chi connectivity index (χ3v) is 3.95. The summed E-state index contributed by atoms with van der Waals surface area (Å²) in [5, 5.41) is 16.1. The standard InChI is InChI=1S/C19H13N3O3/c1-11-4-6-12(7-5-11)17-16-14(19(23)24)9-15(21-18(16)25-22-17)13-3-2-8-20-10-13/h2-10H,1H3,(H,23,24)/p-1. The van der Waals surface area contributed by atoms with E-state index in [0.717, 1.165) is 11.1 Å². The van der Waals surface area contributed by atoms with Crippen LogP contribution in [0.1, 0.15) is 15.9 Å². The van der Waals surface area contributed by atoms with Gasteiger partial charge in [-0.15, -0.1) is 0 Å². The van der Waals surface area contributed by atoms with Crippen LogP contribution in [0.5, 0.6) is 0 Å². The highest BCUT2D eigenvalue weighted by atomic mass is 16.5. The lowest BCUT2D eigenvalue weighted by atomic mass is 10.0. The topological polar surface area (TPSA) is 91.9 Å². The summed E-state index contributed by atoms with van der Waals surface area (Å²) in [6.07, 6.45) is 3.23. The number of fused-ring (bicyclic) bond motifs is 1. The molecule has 122 valence electrons. The van der Waals surface area contributed by atoms with Crippen LogP contribution in [0.2, 0.25) is 0 Å². The van der Waals surface area contributed by atoms with Gasteiger partial charge in [-0.2, -0.15) is 0 Å². The Morgan fingerprint density at radius 1 is 1.12 bits per heavy atom. The van der Waals surface area contributed by atoms with Crippen LogP contribution in [-0.4, -0.2) is 21.1 Å². The number of hydrogen-bond acceptors (Lipinski definition) is 6. The molecule has 0 atom stereocenters. The second-order valence-corrected chi connectivity index (χ2v) is 5.66. The van der Waals surface area contributed by atoms with Crippen LogP contribution in [-0.2, 0) is 0 Å². The van der Waals surface area contributed by atoms with Crippen LogP contribution in [0, 0.1) is 6.92 Å². The number of aryl methyl sites for hydroxylation is 1. The number of aromatic carboxylic acids is 1. The first-order valence-corrected chi connectivity index (χ1v) is 7.62. The van der Waals surface area contributed by atoms with E-state index in [2.05, 4.69) is 15.1 Å². The van der Waals surface area contributed by atoms with E-state index in [1.54, 1.807) is 24.5 Å². The van der Waals surface area contributed by atoms with Gasteiger partial charge in [0, 0.05) is 29.1 Å². The molecule has 4 aromatic rings. The average molecular weight is 330 g/mol. The Morgan fingerprint density at radius 3 is 2.60 bits per heavy atom. The van der Waals surface area contributed by atoms with Gasteiger partial charge < -0.3 is 14.4 Å². The SMILES string of the molecule is Cc1ccc(-c2noc3nc(-c4cccnc4)cc(C(=O)[O-])c23)cc1. The summed E-state index contributed by atoms with van der Waals surface area (Å²) in [7, 11) is 0. The molecule has 3 heterocycles. The molecule has 0 saturated carbocycles. The van der Waals surface area contributed by atoms with E-state index < -0.39 is 5.97 Å². The van der Waals surface area contributed by atoms with Gasteiger partial charge >= 0.3 is 0 Å². The van der Waals surface area contributed by atoms with Crippen LogP contribution < -0.4 is 5.11 Å². The van der Waals surface area contributed by atoms with Crippen molar-refractivity contribution < 1.29 is 14.4 Å². The Hall–Kier alpha value is -3.54. The molecule has 0 amide bonds. The summed E-state index contributed by atoms with van der Waals surface area (Å²) in [6, 6.07) is 12.6. The zero-order valence-electron chi connectivity index (χ0n) is 13.3. The van der Waals surface area contributed by atoms with Crippen molar-refractivity contribution in [2.45, 2.75) is 6.92 Å². The van der Waals surface area contributed by atoms with Gasteiger partial charge in [-0.1, -0.05) is 35.0 Å². The maximum absolute atomic E-state index is 11.7. The highest BCUT2D eigenvalue weighted by molar-refractivity contribution is 6.06. The molecule has 0 spiro atoms. The number of carbonyl (C=O) groups excluding carboxylic acids is 1. The van der Waals surface area contributed by atoms with Gasteiger partial charge in [-0.25, -0.2) is 4.98 Å². The van der Waals surface area contributed by atoms with E-state index in [1.807, 2.05) is 31.2 Å².